The Bertz CT molecular complexity index is 649. The Morgan fingerprint density at radius 3 is 3.00 bits per heavy atom. The summed E-state index contributed by atoms with van der Waals surface area (Å²) >= 11 is 0. The van der Waals surface area contributed by atoms with Gasteiger partial charge in [-0.15, -0.1) is 0 Å². The molecule has 2 rings (SSSR count). The summed E-state index contributed by atoms with van der Waals surface area (Å²) in [6.07, 6.45) is 4.52. The Morgan fingerprint density at radius 2 is 2.26 bits per heavy atom. The quantitative estimate of drug-likeness (QED) is 0.860. The maximum absolute atomic E-state index is 10.8. The topological polar surface area (TPSA) is 98.9 Å². The molecule has 0 radical (unpaired) electrons. The van der Waals surface area contributed by atoms with Gasteiger partial charge in [0.05, 0.1) is 35.2 Å². The highest BCUT2D eigenvalue weighted by molar-refractivity contribution is 5.87. The molecular formula is C13H10N4O2. The number of carbonyl (C=O) groups is 1. The number of hydrogen-bond donors (Lipinski definition) is 2. The summed E-state index contributed by atoms with van der Waals surface area (Å²) in [6, 6.07) is 6.56. The molecule has 0 atom stereocenters. The lowest BCUT2D eigenvalue weighted by Crippen LogP contribution is -2.05. The first-order chi connectivity index (χ1) is 9.20. The highest BCUT2D eigenvalue weighted by Gasteiger charge is 2.05. The van der Waals surface area contributed by atoms with Gasteiger partial charge < -0.3 is 10.4 Å². The predicted molar refractivity (Wildman–Crippen MR) is 67.5 cm³/mol. The number of carboxylic acids is 1. The van der Waals surface area contributed by atoms with Gasteiger partial charge in [0.1, 0.15) is 6.07 Å². The van der Waals surface area contributed by atoms with Crippen LogP contribution in [0.15, 0.2) is 36.8 Å². The van der Waals surface area contributed by atoms with E-state index in [1.165, 1.54) is 24.5 Å². The van der Waals surface area contributed by atoms with Crippen molar-refractivity contribution in [1.29, 1.82) is 5.26 Å². The summed E-state index contributed by atoms with van der Waals surface area (Å²) in [4.78, 5) is 18.8. The first-order valence-corrected chi connectivity index (χ1v) is 5.47. The minimum absolute atomic E-state index is 0.179. The number of aromatic carboxylic acids is 1. The molecule has 0 spiro atoms. The van der Waals surface area contributed by atoms with E-state index in [4.69, 9.17) is 10.4 Å². The van der Waals surface area contributed by atoms with Crippen molar-refractivity contribution in [3.05, 3.63) is 53.6 Å². The van der Waals surface area contributed by atoms with Crippen LogP contribution in [-0.4, -0.2) is 21.0 Å². The highest BCUT2D eigenvalue weighted by Crippen LogP contribution is 2.13. The fourth-order valence-corrected chi connectivity index (χ4v) is 1.53. The number of carboxylic acid groups (broad SMARTS) is 1. The fraction of sp³-hybridized carbons (Fsp3) is 0.0769. The summed E-state index contributed by atoms with van der Waals surface area (Å²) in [5.74, 6) is -0.997. The van der Waals surface area contributed by atoms with Gasteiger partial charge in [0, 0.05) is 12.4 Å². The number of nitrogens with zero attached hydrogens (tertiary/aromatic N) is 3. The second-order valence-electron chi connectivity index (χ2n) is 3.73. The lowest BCUT2D eigenvalue weighted by Gasteiger charge is -2.07. The third kappa shape index (κ3) is 3.04. The van der Waals surface area contributed by atoms with Crippen molar-refractivity contribution in [2.45, 2.75) is 6.54 Å². The number of pyridine rings is 2. The Hall–Kier alpha value is -2.94. The second kappa shape index (κ2) is 5.60. The SMILES string of the molecule is N#Cc1ccncc1NCc1cc(C(=O)O)ccn1. The summed E-state index contributed by atoms with van der Waals surface area (Å²) in [5, 5.41) is 20.8. The standard InChI is InChI=1S/C13H10N4O2/c14-6-10-1-3-15-8-12(10)17-7-11-5-9(13(18)19)2-4-16-11/h1-5,8,17H,7H2,(H,18,19). The highest BCUT2D eigenvalue weighted by atomic mass is 16.4. The third-order valence-corrected chi connectivity index (χ3v) is 2.47. The molecule has 19 heavy (non-hydrogen) atoms. The van der Waals surface area contributed by atoms with Crippen LogP contribution in [0.5, 0.6) is 0 Å². The van der Waals surface area contributed by atoms with E-state index in [1.807, 2.05) is 6.07 Å². The zero-order chi connectivity index (χ0) is 13.7. The molecule has 6 nitrogen and oxygen atoms in total. The Balaban J connectivity index is 2.13. The van der Waals surface area contributed by atoms with E-state index >= 15 is 0 Å². The smallest absolute Gasteiger partial charge is 0.335 e. The molecule has 0 aliphatic rings. The average Bonchev–Trinajstić information content (AvgIpc) is 2.45. The van der Waals surface area contributed by atoms with Gasteiger partial charge >= 0.3 is 5.97 Å². The van der Waals surface area contributed by atoms with Gasteiger partial charge in [0.25, 0.3) is 0 Å². The summed E-state index contributed by atoms with van der Waals surface area (Å²) < 4.78 is 0. The van der Waals surface area contributed by atoms with Crippen LogP contribution in [0, 0.1) is 11.3 Å². The monoisotopic (exact) mass is 254 g/mol. The molecule has 0 amide bonds. The largest absolute Gasteiger partial charge is 0.478 e. The van der Waals surface area contributed by atoms with Gasteiger partial charge in [-0.25, -0.2) is 4.79 Å². The van der Waals surface area contributed by atoms with Crippen LogP contribution >= 0.6 is 0 Å². The van der Waals surface area contributed by atoms with Crippen LogP contribution in [0.2, 0.25) is 0 Å². The minimum atomic E-state index is -0.997. The zero-order valence-corrected chi connectivity index (χ0v) is 9.87. The van der Waals surface area contributed by atoms with Crippen LogP contribution in [0.1, 0.15) is 21.6 Å². The molecule has 2 aromatic heterocycles. The molecule has 0 aromatic carbocycles. The fourth-order valence-electron chi connectivity index (χ4n) is 1.53. The Labute approximate surface area is 109 Å². The first kappa shape index (κ1) is 12.5. The number of aromatic nitrogens is 2. The molecule has 0 saturated heterocycles. The number of nitriles is 1. The average molecular weight is 254 g/mol. The van der Waals surface area contributed by atoms with Crippen molar-refractivity contribution >= 4 is 11.7 Å². The molecule has 2 aromatic rings. The lowest BCUT2D eigenvalue weighted by atomic mass is 10.2. The third-order valence-electron chi connectivity index (χ3n) is 2.47. The van der Waals surface area contributed by atoms with Crippen molar-refractivity contribution in [3.63, 3.8) is 0 Å². The van der Waals surface area contributed by atoms with Crippen LogP contribution < -0.4 is 5.32 Å². The van der Waals surface area contributed by atoms with Crippen molar-refractivity contribution in [1.82, 2.24) is 9.97 Å². The van der Waals surface area contributed by atoms with E-state index < -0.39 is 5.97 Å². The molecule has 2 N–H and O–H groups in total. The Kier molecular flexibility index (Phi) is 3.69. The normalized spacial score (nSPS) is 9.63. The predicted octanol–water partition coefficient (Wildman–Crippen LogP) is 1.66. The molecule has 94 valence electrons. The van der Waals surface area contributed by atoms with E-state index in [-0.39, 0.29) is 5.56 Å². The molecule has 0 fully saturated rings. The van der Waals surface area contributed by atoms with Gasteiger partial charge in [-0.3, -0.25) is 9.97 Å². The number of nitrogens with one attached hydrogen (secondary N) is 1. The maximum atomic E-state index is 10.8. The van der Waals surface area contributed by atoms with E-state index in [0.717, 1.165) is 0 Å². The second-order valence-corrected chi connectivity index (χ2v) is 3.73. The van der Waals surface area contributed by atoms with Crippen molar-refractivity contribution in [2.75, 3.05) is 5.32 Å². The molecule has 2 heterocycles. The van der Waals surface area contributed by atoms with Crippen molar-refractivity contribution in [3.8, 4) is 6.07 Å². The van der Waals surface area contributed by atoms with Gasteiger partial charge in [0.2, 0.25) is 0 Å². The summed E-state index contributed by atoms with van der Waals surface area (Å²) in [7, 11) is 0. The molecule has 0 bridgehead atoms. The van der Waals surface area contributed by atoms with E-state index in [2.05, 4.69) is 15.3 Å². The van der Waals surface area contributed by atoms with Gasteiger partial charge in [-0.05, 0) is 18.2 Å². The molecule has 0 aliphatic heterocycles. The van der Waals surface area contributed by atoms with Crippen molar-refractivity contribution < 1.29 is 9.90 Å². The molecule has 6 heteroatoms. The summed E-state index contributed by atoms with van der Waals surface area (Å²) in [6.45, 7) is 0.321. The van der Waals surface area contributed by atoms with Crippen LogP contribution in [0.25, 0.3) is 0 Å². The first-order valence-electron chi connectivity index (χ1n) is 5.47. The van der Waals surface area contributed by atoms with Crippen LogP contribution in [0.4, 0.5) is 5.69 Å². The van der Waals surface area contributed by atoms with Gasteiger partial charge in [-0.1, -0.05) is 0 Å². The number of rotatable bonds is 4. The van der Waals surface area contributed by atoms with E-state index in [1.54, 1.807) is 12.3 Å². The number of anilines is 1. The molecule has 0 saturated carbocycles. The van der Waals surface area contributed by atoms with Gasteiger partial charge in [-0.2, -0.15) is 5.26 Å². The maximum Gasteiger partial charge on any atom is 0.335 e. The molecular weight excluding hydrogens is 244 g/mol. The zero-order valence-electron chi connectivity index (χ0n) is 9.87. The van der Waals surface area contributed by atoms with E-state index in [0.29, 0.717) is 23.5 Å². The molecule has 0 aliphatic carbocycles. The molecule has 0 unspecified atom stereocenters. The minimum Gasteiger partial charge on any atom is -0.478 e. The number of hydrogen-bond acceptors (Lipinski definition) is 5. The van der Waals surface area contributed by atoms with E-state index in [9.17, 15) is 4.79 Å². The van der Waals surface area contributed by atoms with Crippen molar-refractivity contribution in [2.24, 2.45) is 0 Å². The summed E-state index contributed by atoms with van der Waals surface area (Å²) in [5.41, 5.74) is 1.82. The lowest BCUT2D eigenvalue weighted by molar-refractivity contribution is 0.0696. The Morgan fingerprint density at radius 1 is 1.42 bits per heavy atom. The van der Waals surface area contributed by atoms with Crippen LogP contribution in [-0.2, 0) is 6.54 Å². The van der Waals surface area contributed by atoms with Gasteiger partial charge in [0.15, 0.2) is 0 Å². The van der Waals surface area contributed by atoms with Crippen LogP contribution in [0.3, 0.4) is 0 Å².